The largest absolute Gasteiger partial charge is 0.448 e. The molecule has 32 heavy (non-hydrogen) atoms. The normalized spacial score (nSPS) is 25.2. The Hall–Kier alpha value is -2.12. The smallest absolute Gasteiger partial charge is 0.436 e. The minimum absolute atomic E-state index is 0.000473. The first-order valence-corrected chi connectivity index (χ1v) is 11.9. The summed E-state index contributed by atoms with van der Waals surface area (Å²) in [6, 6.07) is 10.3. The summed E-state index contributed by atoms with van der Waals surface area (Å²) in [7, 11) is 0. The summed E-state index contributed by atoms with van der Waals surface area (Å²) in [5.74, 6) is 0.432. The van der Waals surface area contributed by atoms with Crippen molar-refractivity contribution in [2.24, 2.45) is 17.8 Å². The number of piperazine rings is 1. The number of nitrogens with zero attached hydrogens (tertiary/aromatic N) is 3. The van der Waals surface area contributed by atoms with Gasteiger partial charge in [0.15, 0.2) is 6.10 Å². The first-order valence-electron chi connectivity index (χ1n) is 11.9. The van der Waals surface area contributed by atoms with Crippen molar-refractivity contribution in [1.82, 2.24) is 14.9 Å². The lowest BCUT2D eigenvalue weighted by molar-refractivity contribution is -0.278. The first-order chi connectivity index (χ1) is 15.2. The summed E-state index contributed by atoms with van der Waals surface area (Å²) in [4.78, 5) is 36.9. The molecule has 0 spiro atoms. The number of hydrogen-bond donors (Lipinski definition) is 0. The Bertz CT molecular complexity index is 770. The lowest BCUT2D eigenvalue weighted by atomic mass is 9.92. The van der Waals surface area contributed by atoms with Gasteiger partial charge in [0.2, 0.25) is 0 Å². The highest BCUT2D eigenvalue weighted by Gasteiger charge is 2.51. The van der Waals surface area contributed by atoms with Gasteiger partial charge in [-0.1, -0.05) is 78.3 Å². The average molecular weight is 446 g/mol. The number of carbonyl (C=O) groups is 2. The van der Waals surface area contributed by atoms with Gasteiger partial charge in [-0.15, -0.1) is 0 Å². The molecule has 2 fully saturated rings. The van der Waals surface area contributed by atoms with E-state index >= 15 is 0 Å². The molecule has 7 heteroatoms. The molecular formula is C25H39N3O4. The predicted molar refractivity (Wildman–Crippen MR) is 123 cm³/mol. The Balaban J connectivity index is 1.92. The van der Waals surface area contributed by atoms with Crippen molar-refractivity contribution in [2.45, 2.75) is 72.8 Å². The third-order valence-corrected chi connectivity index (χ3v) is 6.42. The molecule has 178 valence electrons. The van der Waals surface area contributed by atoms with Gasteiger partial charge in [-0.3, -0.25) is 14.5 Å². The van der Waals surface area contributed by atoms with Crippen LogP contribution in [-0.4, -0.2) is 64.9 Å². The summed E-state index contributed by atoms with van der Waals surface area (Å²) >= 11 is 0. The van der Waals surface area contributed by atoms with E-state index in [1.54, 1.807) is 0 Å². The molecule has 2 aliphatic heterocycles. The van der Waals surface area contributed by atoms with Crippen molar-refractivity contribution in [2.75, 3.05) is 19.7 Å². The van der Waals surface area contributed by atoms with Crippen LogP contribution in [-0.2, 0) is 20.9 Å². The van der Waals surface area contributed by atoms with E-state index in [4.69, 9.17) is 9.57 Å². The van der Waals surface area contributed by atoms with Gasteiger partial charge >= 0.3 is 6.09 Å². The fourth-order valence-electron chi connectivity index (χ4n) is 4.42. The van der Waals surface area contributed by atoms with Gasteiger partial charge in [-0.25, -0.2) is 4.79 Å². The van der Waals surface area contributed by atoms with Gasteiger partial charge in [0, 0.05) is 25.7 Å². The Morgan fingerprint density at radius 2 is 1.81 bits per heavy atom. The molecule has 4 atom stereocenters. The predicted octanol–water partition coefficient (Wildman–Crippen LogP) is 4.14. The fourth-order valence-corrected chi connectivity index (χ4v) is 4.42. The van der Waals surface area contributed by atoms with Crippen LogP contribution in [0, 0.1) is 17.8 Å². The maximum Gasteiger partial charge on any atom is 0.436 e. The van der Waals surface area contributed by atoms with E-state index in [9.17, 15) is 9.59 Å². The molecule has 0 aromatic heterocycles. The maximum atomic E-state index is 13.5. The average Bonchev–Trinajstić information content (AvgIpc) is 2.77. The lowest BCUT2D eigenvalue weighted by Gasteiger charge is -2.55. The molecule has 2 heterocycles. The maximum absolute atomic E-state index is 13.5. The van der Waals surface area contributed by atoms with Crippen molar-refractivity contribution in [3.05, 3.63) is 35.9 Å². The van der Waals surface area contributed by atoms with E-state index in [2.05, 4.69) is 30.9 Å². The third-order valence-electron chi connectivity index (χ3n) is 6.42. The summed E-state index contributed by atoms with van der Waals surface area (Å²) < 4.78 is 5.54. The Labute approximate surface area is 192 Å². The molecule has 0 aliphatic carbocycles. The molecule has 0 radical (unpaired) electrons. The van der Waals surface area contributed by atoms with E-state index in [1.165, 1.54) is 10.6 Å². The number of rotatable bonds is 7. The van der Waals surface area contributed by atoms with Crippen molar-refractivity contribution < 1.29 is 19.2 Å². The Kier molecular flexibility index (Phi) is 8.17. The second-order valence-electron chi connectivity index (χ2n) is 9.93. The standard InChI is InChI=1S/C25H39N3O4/c1-7-19(6)21-14-26(13-20-11-9-8-10-12-20)15-22-27(21)24(29)23(18(4)5)32-28(22)25(30)31-16-17(2)3/h8-12,17-19,21-23H,7,13-16H2,1-6H3/t19?,21-,22+,23-/m1/s1. The summed E-state index contributed by atoms with van der Waals surface area (Å²) in [5.41, 5.74) is 1.21. The monoisotopic (exact) mass is 445 g/mol. The highest BCUT2D eigenvalue weighted by Crippen LogP contribution is 2.33. The number of carbonyl (C=O) groups excluding carboxylic acids is 2. The molecule has 0 bridgehead atoms. The van der Waals surface area contributed by atoms with E-state index in [0.717, 1.165) is 19.5 Å². The van der Waals surface area contributed by atoms with Gasteiger partial charge in [-0.05, 0) is 23.3 Å². The highest BCUT2D eigenvalue weighted by molar-refractivity contribution is 5.84. The second kappa shape index (κ2) is 10.7. The molecule has 0 saturated carbocycles. The van der Waals surface area contributed by atoms with Crippen LogP contribution in [0.2, 0.25) is 0 Å². The van der Waals surface area contributed by atoms with Gasteiger partial charge < -0.3 is 9.64 Å². The zero-order valence-corrected chi connectivity index (χ0v) is 20.4. The van der Waals surface area contributed by atoms with Crippen molar-refractivity contribution >= 4 is 12.0 Å². The zero-order chi connectivity index (χ0) is 23.4. The number of hydrogen-bond acceptors (Lipinski definition) is 5. The van der Waals surface area contributed by atoms with Gasteiger partial charge in [0.25, 0.3) is 5.91 Å². The molecule has 2 aliphatic rings. The summed E-state index contributed by atoms with van der Waals surface area (Å²) in [6.45, 7) is 14.6. The van der Waals surface area contributed by atoms with Gasteiger partial charge in [0.05, 0.1) is 6.61 Å². The summed E-state index contributed by atoms with van der Waals surface area (Å²) in [5, 5.41) is 1.33. The van der Waals surface area contributed by atoms with Crippen LogP contribution in [0.3, 0.4) is 0 Å². The van der Waals surface area contributed by atoms with Crippen LogP contribution < -0.4 is 0 Å². The molecule has 1 aromatic rings. The summed E-state index contributed by atoms with van der Waals surface area (Å²) in [6.07, 6.45) is -0.763. The van der Waals surface area contributed by atoms with E-state index in [-0.39, 0.29) is 23.8 Å². The van der Waals surface area contributed by atoms with Gasteiger partial charge in [-0.2, -0.15) is 5.06 Å². The molecule has 2 amide bonds. The number of hydroxylamine groups is 2. The van der Waals surface area contributed by atoms with Gasteiger partial charge in [0.1, 0.15) is 6.17 Å². The molecule has 2 saturated heterocycles. The van der Waals surface area contributed by atoms with Crippen molar-refractivity contribution in [3.8, 4) is 0 Å². The van der Waals surface area contributed by atoms with Crippen LogP contribution in [0.5, 0.6) is 0 Å². The first kappa shape index (κ1) is 24.5. The number of amides is 2. The number of fused-ring (bicyclic) bond motifs is 1. The van der Waals surface area contributed by atoms with Crippen LogP contribution in [0.25, 0.3) is 0 Å². The molecule has 0 N–H and O–H groups in total. The van der Waals surface area contributed by atoms with E-state index < -0.39 is 18.4 Å². The number of ether oxygens (including phenoxy) is 1. The molecule has 3 rings (SSSR count). The van der Waals surface area contributed by atoms with Crippen molar-refractivity contribution in [3.63, 3.8) is 0 Å². The van der Waals surface area contributed by atoms with Crippen LogP contribution in [0.4, 0.5) is 4.79 Å². The van der Waals surface area contributed by atoms with Crippen LogP contribution in [0.15, 0.2) is 30.3 Å². The fraction of sp³-hybridized carbons (Fsp3) is 0.680. The Morgan fingerprint density at radius 3 is 2.41 bits per heavy atom. The molecule has 1 unspecified atom stereocenters. The third kappa shape index (κ3) is 5.44. The van der Waals surface area contributed by atoms with Crippen LogP contribution >= 0.6 is 0 Å². The minimum atomic E-state index is -0.690. The molecule has 7 nitrogen and oxygen atoms in total. The molecular weight excluding hydrogens is 406 g/mol. The SMILES string of the molecule is CCC(C)[C@H]1CN(Cc2ccccc2)C[C@@H]2N(C(=O)OCC(C)C)O[C@H](C(C)C)C(=O)N12. The quantitative estimate of drug-likeness (QED) is 0.631. The van der Waals surface area contributed by atoms with E-state index in [1.807, 2.05) is 50.8 Å². The Morgan fingerprint density at radius 1 is 1.12 bits per heavy atom. The topological polar surface area (TPSA) is 62.3 Å². The zero-order valence-electron chi connectivity index (χ0n) is 20.4. The van der Waals surface area contributed by atoms with E-state index in [0.29, 0.717) is 19.1 Å². The second-order valence-corrected chi connectivity index (χ2v) is 9.93. The molecule has 1 aromatic carbocycles. The lowest BCUT2D eigenvalue weighted by Crippen LogP contribution is -2.73. The van der Waals surface area contributed by atoms with Crippen molar-refractivity contribution in [1.29, 1.82) is 0 Å². The van der Waals surface area contributed by atoms with Crippen LogP contribution in [0.1, 0.15) is 53.5 Å². The highest BCUT2D eigenvalue weighted by atomic mass is 16.7. The number of benzene rings is 1. The minimum Gasteiger partial charge on any atom is -0.448 e.